The molecule has 0 aromatic heterocycles. The number of hydrogen-bond acceptors (Lipinski definition) is 2. The third kappa shape index (κ3) is 1.07. The minimum atomic E-state index is -0.357. The molecule has 3 atom stereocenters. The molecule has 2 aliphatic rings. The maximum atomic E-state index is 11.1. The van der Waals surface area contributed by atoms with Gasteiger partial charge in [0.1, 0.15) is 0 Å². The molecule has 5 nitrogen and oxygen atoms in total. The molecular weight excluding hydrogens is 158 g/mol. The molecular formula is C7H9N3O2. The molecule has 0 radical (unpaired) electrons. The van der Waals surface area contributed by atoms with E-state index < -0.39 is 0 Å². The highest BCUT2D eigenvalue weighted by atomic mass is 16.5. The summed E-state index contributed by atoms with van der Waals surface area (Å²) in [5.74, 6) is -0.524. The molecule has 0 spiro atoms. The summed E-state index contributed by atoms with van der Waals surface area (Å²) < 4.78 is 5.45. The minimum absolute atomic E-state index is 0.0213. The van der Waals surface area contributed by atoms with Gasteiger partial charge in [0.2, 0.25) is 5.91 Å². The molecule has 2 aliphatic heterocycles. The Morgan fingerprint density at radius 3 is 2.92 bits per heavy atom. The predicted octanol–water partition coefficient (Wildman–Crippen LogP) is 1.39. The van der Waals surface area contributed by atoms with E-state index >= 15 is 0 Å². The van der Waals surface area contributed by atoms with Crippen molar-refractivity contribution in [1.29, 1.82) is 0 Å². The second-order valence-electron chi connectivity index (χ2n) is 3.24. The first-order valence-corrected chi connectivity index (χ1v) is 4.05. The maximum Gasteiger partial charge on any atom is 0.224 e. The van der Waals surface area contributed by atoms with Crippen LogP contribution in [0.4, 0.5) is 0 Å². The number of carbonyl (C=O) groups excluding carboxylic acids is 1. The average molecular weight is 167 g/mol. The van der Waals surface area contributed by atoms with E-state index in [1.54, 1.807) is 0 Å². The van der Waals surface area contributed by atoms with Crippen molar-refractivity contribution in [1.82, 2.24) is 0 Å². The molecule has 0 aliphatic carbocycles. The summed E-state index contributed by atoms with van der Waals surface area (Å²) >= 11 is 0. The Labute approximate surface area is 69.3 Å². The number of carbonyl (C=O) groups is 1. The van der Waals surface area contributed by atoms with E-state index in [1.807, 2.05) is 0 Å². The van der Waals surface area contributed by atoms with Gasteiger partial charge < -0.3 is 4.74 Å². The Kier molecular flexibility index (Phi) is 1.75. The van der Waals surface area contributed by atoms with Crippen LogP contribution in [0.15, 0.2) is 5.11 Å². The zero-order valence-corrected chi connectivity index (χ0v) is 6.51. The summed E-state index contributed by atoms with van der Waals surface area (Å²) in [6.45, 7) is 0. The van der Waals surface area contributed by atoms with Crippen LogP contribution in [0.2, 0.25) is 0 Å². The smallest absolute Gasteiger partial charge is 0.224 e. The van der Waals surface area contributed by atoms with Crippen LogP contribution < -0.4 is 0 Å². The van der Waals surface area contributed by atoms with E-state index in [9.17, 15) is 4.79 Å². The molecule has 2 heterocycles. The van der Waals surface area contributed by atoms with Crippen molar-refractivity contribution >= 4 is 5.91 Å². The third-order valence-corrected chi connectivity index (χ3v) is 2.57. The van der Waals surface area contributed by atoms with Crippen LogP contribution in [0.25, 0.3) is 10.4 Å². The second-order valence-corrected chi connectivity index (χ2v) is 3.24. The van der Waals surface area contributed by atoms with Crippen LogP contribution in [0.3, 0.4) is 0 Å². The first-order chi connectivity index (χ1) is 5.81. The average Bonchev–Trinajstić information content (AvgIpc) is 2.64. The SMILES string of the molecule is [N-]=[N+]=NC(=O)[C@H]1C[C@@H]2CC[C@H]1O2. The molecule has 2 saturated heterocycles. The van der Waals surface area contributed by atoms with Gasteiger partial charge in [-0.15, -0.1) is 0 Å². The van der Waals surface area contributed by atoms with Gasteiger partial charge >= 0.3 is 0 Å². The van der Waals surface area contributed by atoms with E-state index in [4.69, 9.17) is 10.3 Å². The fraction of sp³-hybridized carbons (Fsp3) is 0.857. The Hall–Kier alpha value is -1.06. The van der Waals surface area contributed by atoms with Crippen LogP contribution in [-0.2, 0) is 9.53 Å². The lowest BCUT2D eigenvalue weighted by atomic mass is 9.89. The number of hydrogen-bond donors (Lipinski definition) is 0. The van der Waals surface area contributed by atoms with Crippen molar-refractivity contribution in [2.45, 2.75) is 31.5 Å². The number of fused-ring (bicyclic) bond motifs is 2. The highest BCUT2D eigenvalue weighted by Crippen LogP contribution is 2.39. The molecule has 0 saturated carbocycles. The standard InChI is InChI=1S/C7H9N3O2/c8-10-9-7(11)5-3-4-1-2-6(5)12-4/h4-6H,1-3H2/t4-,5-,6+/m0/s1. The van der Waals surface area contributed by atoms with Crippen molar-refractivity contribution in [3.05, 3.63) is 10.4 Å². The second kappa shape index (κ2) is 2.77. The van der Waals surface area contributed by atoms with Crippen LogP contribution in [0, 0.1) is 5.92 Å². The molecule has 0 unspecified atom stereocenters. The van der Waals surface area contributed by atoms with Gasteiger partial charge in [-0.3, -0.25) is 4.79 Å². The molecule has 64 valence electrons. The molecule has 1 amide bonds. The van der Waals surface area contributed by atoms with Gasteiger partial charge in [0.25, 0.3) is 0 Å². The van der Waals surface area contributed by atoms with Crippen molar-refractivity contribution in [3.63, 3.8) is 0 Å². The van der Waals surface area contributed by atoms with Crippen LogP contribution in [-0.4, -0.2) is 18.1 Å². The van der Waals surface area contributed by atoms with Gasteiger partial charge in [0, 0.05) is 4.91 Å². The van der Waals surface area contributed by atoms with Crippen molar-refractivity contribution in [2.24, 2.45) is 11.0 Å². The fourth-order valence-electron chi connectivity index (χ4n) is 2.02. The summed E-state index contributed by atoms with van der Waals surface area (Å²) in [7, 11) is 0. The van der Waals surface area contributed by atoms with Gasteiger partial charge in [0.15, 0.2) is 0 Å². The third-order valence-electron chi connectivity index (χ3n) is 2.57. The van der Waals surface area contributed by atoms with Gasteiger partial charge in [-0.2, -0.15) is 0 Å². The number of ether oxygens (including phenoxy) is 1. The van der Waals surface area contributed by atoms with Crippen LogP contribution in [0.5, 0.6) is 0 Å². The molecule has 5 heteroatoms. The van der Waals surface area contributed by atoms with Crippen LogP contribution in [0.1, 0.15) is 19.3 Å². The van der Waals surface area contributed by atoms with Crippen molar-refractivity contribution in [3.8, 4) is 0 Å². The lowest BCUT2D eigenvalue weighted by molar-refractivity contribution is -0.123. The summed E-state index contributed by atoms with van der Waals surface area (Å²) in [5, 5.41) is 3.09. The lowest BCUT2D eigenvalue weighted by Crippen LogP contribution is -2.23. The zero-order chi connectivity index (χ0) is 8.55. The number of azide groups is 1. The summed E-state index contributed by atoms with van der Waals surface area (Å²) in [6.07, 6.45) is 2.97. The predicted molar refractivity (Wildman–Crippen MR) is 40.2 cm³/mol. The Bertz CT molecular complexity index is 259. The molecule has 0 aromatic carbocycles. The molecule has 2 bridgehead atoms. The quantitative estimate of drug-likeness (QED) is 0.336. The minimum Gasteiger partial charge on any atom is -0.374 e. The summed E-state index contributed by atoms with van der Waals surface area (Å²) in [4.78, 5) is 13.6. The van der Waals surface area contributed by atoms with Crippen molar-refractivity contribution < 1.29 is 9.53 Å². The number of amides is 1. The van der Waals surface area contributed by atoms with Gasteiger partial charge in [0.05, 0.1) is 18.1 Å². The summed E-state index contributed by atoms with van der Waals surface area (Å²) in [5.41, 5.74) is 8.06. The fourth-order valence-corrected chi connectivity index (χ4v) is 2.02. The topological polar surface area (TPSA) is 75.1 Å². The van der Waals surface area contributed by atoms with Crippen LogP contribution >= 0.6 is 0 Å². The number of rotatable bonds is 1. The highest BCUT2D eigenvalue weighted by Gasteiger charge is 2.43. The Balaban J connectivity index is 2.07. The highest BCUT2D eigenvalue weighted by molar-refractivity contribution is 5.80. The zero-order valence-electron chi connectivity index (χ0n) is 6.51. The van der Waals surface area contributed by atoms with E-state index in [2.05, 4.69) is 10.0 Å². The molecule has 2 fully saturated rings. The van der Waals surface area contributed by atoms with E-state index in [-0.39, 0.29) is 24.0 Å². The van der Waals surface area contributed by atoms with E-state index in [1.165, 1.54) is 0 Å². The monoisotopic (exact) mass is 167 g/mol. The molecule has 2 rings (SSSR count). The van der Waals surface area contributed by atoms with E-state index in [0.29, 0.717) is 0 Å². The van der Waals surface area contributed by atoms with Gasteiger partial charge in [-0.05, 0) is 29.9 Å². The molecule has 0 N–H and O–H groups in total. The van der Waals surface area contributed by atoms with E-state index in [0.717, 1.165) is 19.3 Å². The molecule has 0 aromatic rings. The lowest BCUT2D eigenvalue weighted by Gasteiger charge is -2.13. The van der Waals surface area contributed by atoms with Gasteiger partial charge in [-0.1, -0.05) is 0 Å². The maximum absolute atomic E-state index is 11.1. The Morgan fingerprint density at radius 1 is 1.58 bits per heavy atom. The largest absolute Gasteiger partial charge is 0.374 e. The Morgan fingerprint density at radius 2 is 2.42 bits per heavy atom. The normalized spacial score (nSPS) is 37.8. The van der Waals surface area contributed by atoms with Crippen molar-refractivity contribution in [2.75, 3.05) is 0 Å². The first kappa shape index (κ1) is 7.58. The first-order valence-electron chi connectivity index (χ1n) is 4.05. The molecule has 12 heavy (non-hydrogen) atoms. The van der Waals surface area contributed by atoms with Gasteiger partial charge in [-0.25, -0.2) is 0 Å². The summed E-state index contributed by atoms with van der Waals surface area (Å²) in [6, 6.07) is 0. The number of nitrogens with zero attached hydrogens (tertiary/aromatic N) is 3.